The standard InChI is InChI=1S/C14H25N3O6/c1-12(2,3)22-8(18)7-14(9(19)20,17-11(15)16)10(21)23-13(4,5)6/h7H2,1-6H3,(H,19,20)(H4,15,16,17). The van der Waals surface area contributed by atoms with Gasteiger partial charge in [0.05, 0.1) is 6.42 Å². The van der Waals surface area contributed by atoms with Crippen molar-refractivity contribution in [3.63, 3.8) is 0 Å². The minimum absolute atomic E-state index is 0.665. The average Bonchev–Trinajstić information content (AvgIpc) is 2.21. The minimum atomic E-state index is -2.60. The number of esters is 2. The number of nitrogens with two attached hydrogens (primary N) is 2. The number of aliphatic imine (C=N–C) groups is 1. The van der Waals surface area contributed by atoms with Crippen LogP contribution < -0.4 is 11.5 Å². The Kier molecular flexibility index (Phi) is 6.15. The average molecular weight is 331 g/mol. The molecular weight excluding hydrogens is 306 g/mol. The maximum absolute atomic E-state index is 12.3. The predicted octanol–water partition coefficient (Wildman–Crippen LogP) is 0.157. The van der Waals surface area contributed by atoms with Crippen LogP contribution in [0.25, 0.3) is 0 Å². The summed E-state index contributed by atoms with van der Waals surface area (Å²) in [5.41, 5.74) is 5.98. The summed E-state index contributed by atoms with van der Waals surface area (Å²) >= 11 is 0. The van der Waals surface area contributed by atoms with E-state index < -0.39 is 47.0 Å². The van der Waals surface area contributed by atoms with Gasteiger partial charge in [0.25, 0.3) is 5.54 Å². The summed E-state index contributed by atoms with van der Waals surface area (Å²) in [6.07, 6.45) is -0.896. The molecule has 1 atom stereocenters. The summed E-state index contributed by atoms with van der Waals surface area (Å²) in [6, 6.07) is 0. The number of ether oxygens (including phenoxy) is 2. The number of hydrogen-bond donors (Lipinski definition) is 3. The highest BCUT2D eigenvalue weighted by molar-refractivity contribution is 6.09. The first-order chi connectivity index (χ1) is 10.1. The molecule has 0 saturated heterocycles. The molecule has 9 heteroatoms. The van der Waals surface area contributed by atoms with E-state index >= 15 is 0 Å². The quantitative estimate of drug-likeness (QED) is 0.278. The highest BCUT2D eigenvalue weighted by Crippen LogP contribution is 2.24. The summed E-state index contributed by atoms with van der Waals surface area (Å²) < 4.78 is 10.1. The second kappa shape index (κ2) is 6.84. The van der Waals surface area contributed by atoms with Crippen LogP contribution in [0, 0.1) is 0 Å². The van der Waals surface area contributed by atoms with E-state index in [1.807, 2.05) is 0 Å². The van der Waals surface area contributed by atoms with Crippen LogP contribution in [-0.2, 0) is 23.9 Å². The molecule has 0 aromatic carbocycles. The molecule has 132 valence electrons. The first kappa shape index (κ1) is 20.7. The van der Waals surface area contributed by atoms with Crippen LogP contribution in [0.5, 0.6) is 0 Å². The summed E-state index contributed by atoms with van der Waals surface area (Å²) in [7, 11) is 0. The van der Waals surface area contributed by atoms with Crippen LogP contribution in [0.1, 0.15) is 48.0 Å². The highest BCUT2D eigenvalue weighted by Gasteiger charge is 2.52. The Morgan fingerprint density at radius 2 is 1.39 bits per heavy atom. The number of rotatable bonds is 5. The third-order valence-electron chi connectivity index (χ3n) is 2.23. The van der Waals surface area contributed by atoms with Gasteiger partial charge in [0, 0.05) is 0 Å². The first-order valence-corrected chi connectivity index (χ1v) is 6.88. The largest absolute Gasteiger partial charge is 0.479 e. The van der Waals surface area contributed by atoms with E-state index in [0.717, 1.165) is 0 Å². The zero-order valence-electron chi connectivity index (χ0n) is 14.3. The number of hydrogen-bond acceptors (Lipinski definition) is 6. The van der Waals surface area contributed by atoms with Gasteiger partial charge in [-0.3, -0.25) is 4.79 Å². The van der Waals surface area contributed by atoms with Crippen LogP contribution in [0.2, 0.25) is 0 Å². The Morgan fingerprint density at radius 1 is 0.957 bits per heavy atom. The Hall–Kier alpha value is -2.32. The molecule has 9 nitrogen and oxygen atoms in total. The number of guanidine groups is 1. The van der Waals surface area contributed by atoms with Crippen LogP contribution in [-0.4, -0.2) is 45.7 Å². The molecule has 0 bridgehead atoms. The van der Waals surface area contributed by atoms with Gasteiger partial charge in [-0.05, 0) is 41.5 Å². The Labute approximate surface area is 135 Å². The van der Waals surface area contributed by atoms with Crippen LogP contribution in [0.3, 0.4) is 0 Å². The summed E-state index contributed by atoms with van der Waals surface area (Å²) in [5.74, 6) is -4.58. The number of aliphatic carboxylic acids is 1. The third-order valence-corrected chi connectivity index (χ3v) is 2.23. The maximum atomic E-state index is 12.3. The van der Waals surface area contributed by atoms with Gasteiger partial charge in [0.2, 0.25) is 0 Å². The lowest BCUT2D eigenvalue weighted by molar-refractivity contribution is -0.175. The van der Waals surface area contributed by atoms with E-state index in [2.05, 4.69) is 4.99 Å². The van der Waals surface area contributed by atoms with E-state index in [4.69, 9.17) is 20.9 Å². The van der Waals surface area contributed by atoms with E-state index in [-0.39, 0.29) is 0 Å². The molecule has 0 aromatic rings. The summed E-state index contributed by atoms with van der Waals surface area (Å²) in [4.78, 5) is 39.4. The molecule has 0 aliphatic rings. The molecule has 0 radical (unpaired) electrons. The van der Waals surface area contributed by atoms with Crippen molar-refractivity contribution in [3.8, 4) is 0 Å². The molecule has 0 heterocycles. The molecule has 0 aromatic heterocycles. The van der Waals surface area contributed by atoms with Gasteiger partial charge >= 0.3 is 17.9 Å². The second-order valence-corrected chi connectivity index (χ2v) is 6.97. The monoisotopic (exact) mass is 331 g/mol. The lowest BCUT2D eigenvalue weighted by Crippen LogP contribution is -2.52. The number of carboxylic acids is 1. The minimum Gasteiger partial charge on any atom is -0.479 e. The van der Waals surface area contributed by atoms with Gasteiger partial charge in [0.15, 0.2) is 5.96 Å². The molecular formula is C14H25N3O6. The van der Waals surface area contributed by atoms with Gasteiger partial charge in [0.1, 0.15) is 11.2 Å². The van der Waals surface area contributed by atoms with Crippen molar-refractivity contribution in [3.05, 3.63) is 0 Å². The molecule has 23 heavy (non-hydrogen) atoms. The zero-order chi connectivity index (χ0) is 18.6. The number of carbonyl (C=O) groups is 3. The van der Waals surface area contributed by atoms with Crippen molar-refractivity contribution in [1.82, 2.24) is 0 Å². The van der Waals surface area contributed by atoms with Crippen LogP contribution >= 0.6 is 0 Å². The van der Waals surface area contributed by atoms with Crippen molar-refractivity contribution >= 4 is 23.9 Å². The fourth-order valence-electron chi connectivity index (χ4n) is 1.54. The predicted molar refractivity (Wildman–Crippen MR) is 82.5 cm³/mol. The van der Waals surface area contributed by atoms with Gasteiger partial charge in [-0.25, -0.2) is 14.6 Å². The van der Waals surface area contributed by atoms with Gasteiger partial charge in [-0.15, -0.1) is 0 Å². The van der Waals surface area contributed by atoms with Crippen molar-refractivity contribution in [2.45, 2.75) is 64.7 Å². The van der Waals surface area contributed by atoms with Gasteiger partial charge < -0.3 is 26.0 Å². The number of carbonyl (C=O) groups excluding carboxylic acids is 2. The Balaban J connectivity index is 5.79. The van der Waals surface area contributed by atoms with Crippen molar-refractivity contribution in [2.75, 3.05) is 0 Å². The lowest BCUT2D eigenvalue weighted by atomic mass is 9.95. The SMILES string of the molecule is CC(C)(C)OC(=O)CC(N=C(N)N)(C(=O)O)C(=O)OC(C)(C)C. The molecule has 0 saturated carbocycles. The maximum Gasteiger partial charge on any atom is 0.347 e. The van der Waals surface area contributed by atoms with Crippen molar-refractivity contribution in [1.29, 1.82) is 0 Å². The summed E-state index contributed by atoms with van der Waals surface area (Å²) in [6.45, 7) is 9.42. The number of carboxylic acid groups (broad SMARTS) is 1. The molecule has 0 fully saturated rings. The van der Waals surface area contributed by atoms with Crippen molar-refractivity contribution in [2.24, 2.45) is 16.5 Å². The van der Waals surface area contributed by atoms with Crippen molar-refractivity contribution < 1.29 is 29.0 Å². The molecule has 5 N–H and O–H groups in total. The molecule has 0 aliphatic carbocycles. The molecule has 0 amide bonds. The molecule has 0 rings (SSSR count). The molecule has 0 aliphatic heterocycles. The molecule has 1 unspecified atom stereocenters. The zero-order valence-corrected chi connectivity index (χ0v) is 14.3. The fourth-order valence-corrected chi connectivity index (χ4v) is 1.54. The third kappa shape index (κ3) is 6.98. The second-order valence-electron chi connectivity index (χ2n) is 6.97. The molecule has 0 spiro atoms. The lowest BCUT2D eigenvalue weighted by Gasteiger charge is -2.29. The van der Waals surface area contributed by atoms with E-state index in [1.165, 1.54) is 0 Å². The normalized spacial score (nSPS) is 14.3. The Morgan fingerprint density at radius 3 is 1.70 bits per heavy atom. The summed E-state index contributed by atoms with van der Waals surface area (Å²) in [5, 5.41) is 9.46. The topological polar surface area (TPSA) is 154 Å². The fraction of sp³-hybridized carbons (Fsp3) is 0.714. The van der Waals surface area contributed by atoms with Crippen LogP contribution in [0.15, 0.2) is 4.99 Å². The smallest absolute Gasteiger partial charge is 0.347 e. The van der Waals surface area contributed by atoms with Gasteiger partial charge in [-0.2, -0.15) is 0 Å². The first-order valence-electron chi connectivity index (χ1n) is 6.88. The van der Waals surface area contributed by atoms with E-state index in [1.54, 1.807) is 41.5 Å². The Bertz CT molecular complexity index is 512. The van der Waals surface area contributed by atoms with Gasteiger partial charge in [-0.1, -0.05) is 0 Å². The van der Waals surface area contributed by atoms with E-state index in [0.29, 0.717) is 0 Å². The number of nitrogens with zero attached hydrogens (tertiary/aromatic N) is 1. The van der Waals surface area contributed by atoms with E-state index in [9.17, 15) is 19.5 Å². The highest BCUT2D eigenvalue weighted by atomic mass is 16.6. The van der Waals surface area contributed by atoms with Crippen LogP contribution in [0.4, 0.5) is 0 Å².